The molecule has 36 heavy (non-hydrogen) atoms. The topological polar surface area (TPSA) is 105 Å². The number of carbonyl (C=O) groups is 3. The Morgan fingerprint density at radius 1 is 1.11 bits per heavy atom. The van der Waals surface area contributed by atoms with E-state index in [1.54, 1.807) is 24.3 Å². The zero-order valence-electron chi connectivity index (χ0n) is 20.9. The summed E-state index contributed by atoms with van der Waals surface area (Å²) in [5.41, 5.74) is 1.83. The molecular formula is C26H30FN5O4. The smallest absolute Gasteiger partial charge is 0.410 e. The fraction of sp³-hybridized carbons (Fsp3) is 0.423. The first-order valence-electron chi connectivity index (χ1n) is 11.9. The highest BCUT2D eigenvalue weighted by Gasteiger charge is 2.28. The van der Waals surface area contributed by atoms with E-state index in [1.165, 1.54) is 18.2 Å². The number of benzene rings is 1. The van der Waals surface area contributed by atoms with Crippen LogP contribution in [0.3, 0.4) is 0 Å². The average molecular weight is 496 g/mol. The van der Waals surface area contributed by atoms with E-state index in [1.807, 2.05) is 25.7 Å². The molecule has 0 saturated carbocycles. The molecule has 0 bridgehead atoms. The van der Waals surface area contributed by atoms with Gasteiger partial charge in [0.1, 0.15) is 11.4 Å². The first-order chi connectivity index (χ1) is 17.0. The zero-order chi connectivity index (χ0) is 26.0. The standard InChI is InChI=1S/C26H30FN5O4/c1-26(2,3)36-25(35)32-7-5-31(6-8-32)24-29-14-16(15-30-24)9-22(33)20-11-17-10-18(27)12-21(28-4)19(17)13-23(20)34/h10-12,14-15,28H,5-9,13H2,1-4H3. The van der Waals surface area contributed by atoms with Crippen LogP contribution in [0.25, 0.3) is 6.08 Å². The number of nitrogens with one attached hydrogen (secondary N) is 1. The number of fused-ring (bicyclic) bond motifs is 1. The van der Waals surface area contributed by atoms with E-state index < -0.39 is 11.4 Å². The Bertz CT molecular complexity index is 1210. The molecule has 190 valence electrons. The van der Waals surface area contributed by atoms with Crippen LogP contribution in [0.15, 0.2) is 30.1 Å². The van der Waals surface area contributed by atoms with Crippen molar-refractivity contribution in [1.82, 2.24) is 14.9 Å². The molecule has 9 nitrogen and oxygen atoms in total. The third-order valence-electron chi connectivity index (χ3n) is 6.03. The Balaban J connectivity index is 1.38. The summed E-state index contributed by atoms with van der Waals surface area (Å²) in [5.74, 6) is -0.586. The maximum Gasteiger partial charge on any atom is 0.410 e. The van der Waals surface area contributed by atoms with Gasteiger partial charge >= 0.3 is 6.09 Å². The maximum absolute atomic E-state index is 13.9. The van der Waals surface area contributed by atoms with E-state index in [2.05, 4.69) is 15.3 Å². The second-order valence-electron chi connectivity index (χ2n) is 9.87. The third-order valence-corrected chi connectivity index (χ3v) is 6.03. The molecule has 2 aliphatic rings. The van der Waals surface area contributed by atoms with Crippen molar-refractivity contribution in [3.05, 3.63) is 52.6 Å². The number of hydrogen-bond acceptors (Lipinski definition) is 8. The molecule has 0 atom stereocenters. The number of piperazine rings is 1. The van der Waals surface area contributed by atoms with Crippen molar-refractivity contribution in [1.29, 1.82) is 0 Å². The molecular weight excluding hydrogens is 465 g/mol. The van der Waals surface area contributed by atoms with Gasteiger partial charge in [0.15, 0.2) is 11.6 Å². The number of nitrogens with zero attached hydrogens (tertiary/aromatic N) is 4. The van der Waals surface area contributed by atoms with Crippen LogP contribution in [0.2, 0.25) is 0 Å². The SMILES string of the molecule is CNc1cc(F)cc2c1CC(=O)C(C(=O)Cc1cnc(N3CCN(C(=O)OC(C)(C)C)CC3)nc1)=C2. The van der Waals surface area contributed by atoms with Gasteiger partial charge in [0.25, 0.3) is 0 Å². The van der Waals surface area contributed by atoms with Crippen molar-refractivity contribution in [3.8, 4) is 0 Å². The maximum atomic E-state index is 13.9. The van der Waals surface area contributed by atoms with Crippen molar-refractivity contribution in [3.63, 3.8) is 0 Å². The lowest BCUT2D eigenvalue weighted by atomic mass is 9.87. The first kappa shape index (κ1) is 25.3. The predicted molar refractivity (Wildman–Crippen MR) is 133 cm³/mol. The second kappa shape index (κ2) is 10.0. The minimum absolute atomic E-state index is 0.0339. The van der Waals surface area contributed by atoms with E-state index in [0.29, 0.717) is 54.5 Å². The molecule has 2 aromatic rings. The largest absolute Gasteiger partial charge is 0.444 e. The number of carbonyl (C=O) groups excluding carboxylic acids is 3. The molecule has 1 amide bonds. The molecule has 1 aromatic heterocycles. The van der Waals surface area contributed by atoms with Gasteiger partial charge in [-0.25, -0.2) is 19.2 Å². The van der Waals surface area contributed by atoms with Crippen LogP contribution in [0.1, 0.15) is 37.5 Å². The fourth-order valence-corrected chi connectivity index (χ4v) is 4.23. The van der Waals surface area contributed by atoms with Gasteiger partial charge in [-0.15, -0.1) is 0 Å². The second-order valence-corrected chi connectivity index (χ2v) is 9.87. The molecule has 4 rings (SSSR count). The van der Waals surface area contributed by atoms with Crippen LogP contribution in [-0.4, -0.2) is 71.4 Å². The van der Waals surface area contributed by atoms with Crippen molar-refractivity contribution >= 4 is 35.4 Å². The van der Waals surface area contributed by atoms with Gasteiger partial charge in [-0.05, 0) is 55.7 Å². The van der Waals surface area contributed by atoms with E-state index in [-0.39, 0.29) is 36.1 Å². The zero-order valence-corrected chi connectivity index (χ0v) is 20.9. The highest BCUT2D eigenvalue weighted by atomic mass is 19.1. The van der Waals surface area contributed by atoms with Gasteiger partial charge in [0, 0.05) is 64.1 Å². The lowest BCUT2D eigenvalue weighted by Gasteiger charge is -2.35. The summed E-state index contributed by atoms with van der Waals surface area (Å²) in [7, 11) is 1.66. The van der Waals surface area contributed by atoms with Crippen LogP contribution in [0.4, 0.5) is 20.8 Å². The van der Waals surface area contributed by atoms with Gasteiger partial charge in [0.2, 0.25) is 5.95 Å². The fourth-order valence-electron chi connectivity index (χ4n) is 4.23. The van der Waals surface area contributed by atoms with Crippen molar-refractivity contribution in [2.45, 2.75) is 39.2 Å². The lowest BCUT2D eigenvalue weighted by molar-refractivity contribution is -0.120. The summed E-state index contributed by atoms with van der Waals surface area (Å²) < 4.78 is 19.4. The van der Waals surface area contributed by atoms with Crippen molar-refractivity contribution < 1.29 is 23.5 Å². The third kappa shape index (κ3) is 5.69. The van der Waals surface area contributed by atoms with E-state index in [0.717, 1.165) is 0 Å². The minimum Gasteiger partial charge on any atom is -0.444 e. The lowest BCUT2D eigenvalue weighted by Crippen LogP contribution is -2.50. The molecule has 1 N–H and O–H groups in total. The number of aromatic nitrogens is 2. The van der Waals surface area contributed by atoms with Gasteiger partial charge in [0.05, 0.1) is 5.57 Å². The Morgan fingerprint density at radius 3 is 2.39 bits per heavy atom. The molecule has 2 heterocycles. The Hall–Kier alpha value is -3.82. The number of halogens is 1. The van der Waals surface area contributed by atoms with Crippen LogP contribution < -0.4 is 10.2 Å². The summed E-state index contributed by atoms with van der Waals surface area (Å²) in [5, 5.41) is 2.90. The molecule has 1 saturated heterocycles. The average Bonchev–Trinajstić information content (AvgIpc) is 2.83. The molecule has 0 radical (unpaired) electrons. The molecule has 0 unspecified atom stereocenters. The monoisotopic (exact) mass is 495 g/mol. The van der Waals surface area contributed by atoms with Crippen LogP contribution in [0, 0.1) is 5.82 Å². The number of ether oxygens (including phenoxy) is 1. The number of amides is 1. The molecule has 1 aromatic carbocycles. The molecule has 1 fully saturated rings. The normalized spacial score (nSPS) is 15.8. The Kier molecular flexibility index (Phi) is 7.05. The van der Waals surface area contributed by atoms with Gasteiger partial charge in [-0.3, -0.25) is 9.59 Å². The van der Waals surface area contributed by atoms with E-state index >= 15 is 0 Å². The van der Waals surface area contributed by atoms with Gasteiger partial charge < -0.3 is 19.9 Å². The molecule has 1 aliphatic carbocycles. The number of allylic oxidation sites excluding steroid dienone is 1. The van der Waals surface area contributed by atoms with Crippen LogP contribution >= 0.6 is 0 Å². The Labute approximate surface area is 209 Å². The number of ketones is 2. The van der Waals surface area contributed by atoms with Crippen molar-refractivity contribution in [2.24, 2.45) is 0 Å². The predicted octanol–water partition coefficient (Wildman–Crippen LogP) is 3.03. The first-order valence-corrected chi connectivity index (χ1v) is 11.9. The Morgan fingerprint density at radius 2 is 1.78 bits per heavy atom. The molecule has 10 heteroatoms. The number of hydrogen-bond donors (Lipinski definition) is 1. The summed E-state index contributed by atoms with van der Waals surface area (Å²) in [6, 6.07) is 2.67. The van der Waals surface area contributed by atoms with Crippen LogP contribution in [-0.2, 0) is 27.2 Å². The van der Waals surface area contributed by atoms with E-state index in [4.69, 9.17) is 4.74 Å². The quantitative estimate of drug-likeness (QED) is 0.632. The van der Waals surface area contributed by atoms with E-state index in [9.17, 15) is 18.8 Å². The summed E-state index contributed by atoms with van der Waals surface area (Å²) in [4.78, 5) is 50.2. The number of rotatable bonds is 5. The van der Waals surface area contributed by atoms with Crippen LogP contribution in [0.5, 0.6) is 0 Å². The summed E-state index contributed by atoms with van der Waals surface area (Å²) >= 11 is 0. The highest BCUT2D eigenvalue weighted by Crippen LogP contribution is 2.30. The summed E-state index contributed by atoms with van der Waals surface area (Å²) in [6.07, 6.45) is 4.27. The molecule has 0 spiro atoms. The number of anilines is 2. The summed E-state index contributed by atoms with van der Waals surface area (Å²) in [6.45, 7) is 7.60. The highest BCUT2D eigenvalue weighted by molar-refractivity contribution is 6.25. The molecule has 1 aliphatic heterocycles. The minimum atomic E-state index is -0.544. The number of Topliss-reactive ketones (excluding diaryl/α,β-unsaturated/α-hetero) is 2. The van der Waals surface area contributed by atoms with Gasteiger partial charge in [-0.2, -0.15) is 0 Å². The van der Waals surface area contributed by atoms with Crippen molar-refractivity contribution in [2.75, 3.05) is 43.4 Å². The van der Waals surface area contributed by atoms with Gasteiger partial charge in [-0.1, -0.05) is 0 Å².